The van der Waals surface area contributed by atoms with Crippen molar-refractivity contribution < 1.29 is 29.0 Å². The van der Waals surface area contributed by atoms with E-state index in [4.69, 9.17) is 21.1 Å². The fraction of sp³-hybridized carbons (Fsp3) is 0.483. The van der Waals surface area contributed by atoms with Gasteiger partial charge in [-0.15, -0.1) is 0 Å². The molecular weight excluding hydrogens is 508 g/mol. The molecule has 2 amide bonds. The monoisotopic (exact) mass is 540 g/mol. The fourth-order valence-corrected chi connectivity index (χ4v) is 6.14. The lowest BCUT2D eigenvalue weighted by atomic mass is 9.74. The van der Waals surface area contributed by atoms with Gasteiger partial charge in [0.25, 0.3) is 0 Å². The summed E-state index contributed by atoms with van der Waals surface area (Å²) in [5.74, 6) is 0.260. The molecule has 2 fully saturated rings. The first kappa shape index (κ1) is 26.5. The maximum absolute atomic E-state index is 11.8. The van der Waals surface area contributed by atoms with Crippen molar-refractivity contribution in [3.63, 3.8) is 0 Å². The number of halogens is 1. The third kappa shape index (κ3) is 5.66. The topological polar surface area (TPSA) is 96.4 Å². The number of hydrogen-bond donors (Lipinski definition) is 1. The molecule has 1 saturated carbocycles. The summed E-state index contributed by atoms with van der Waals surface area (Å²) in [6.45, 7) is 1.94. The van der Waals surface area contributed by atoms with Crippen LogP contribution in [0.25, 0.3) is 0 Å². The number of likely N-dealkylation sites (tertiary alicyclic amines) is 1. The van der Waals surface area contributed by atoms with Gasteiger partial charge in [0.1, 0.15) is 6.61 Å². The number of amides is 2. The first-order valence-corrected chi connectivity index (χ1v) is 13.6. The van der Waals surface area contributed by atoms with Gasteiger partial charge in [-0.3, -0.25) is 24.2 Å². The Hall–Kier alpha value is -3.10. The Balaban J connectivity index is 1.28. The van der Waals surface area contributed by atoms with E-state index < -0.39 is 5.97 Å². The van der Waals surface area contributed by atoms with Crippen molar-refractivity contribution in [2.75, 3.05) is 26.8 Å². The van der Waals surface area contributed by atoms with Crippen LogP contribution in [0.4, 0.5) is 0 Å². The number of benzene rings is 2. The zero-order chi connectivity index (χ0) is 26.8. The van der Waals surface area contributed by atoms with E-state index in [0.29, 0.717) is 36.8 Å². The predicted octanol–water partition coefficient (Wildman–Crippen LogP) is 4.48. The zero-order valence-electron chi connectivity index (χ0n) is 21.5. The molecule has 1 N–H and O–H groups in total. The van der Waals surface area contributed by atoms with Crippen molar-refractivity contribution in [3.8, 4) is 11.5 Å². The van der Waals surface area contributed by atoms with Crippen LogP contribution < -0.4 is 9.47 Å². The second-order valence-electron chi connectivity index (χ2n) is 10.5. The number of carboxylic acid groups (broad SMARTS) is 1. The number of methoxy groups -OCH3 is 1. The van der Waals surface area contributed by atoms with E-state index in [1.54, 1.807) is 7.11 Å². The molecule has 0 radical (unpaired) electrons. The van der Waals surface area contributed by atoms with Crippen LogP contribution in [0.1, 0.15) is 54.8 Å². The number of aryl methyl sites for hydroxylation is 1. The quantitative estimate of drug-likeness (QED) is 0.420. The highest BCUT2D eigenvalue weighted by Gasteiger charge is 2.38. The lowest BCUT2D eigenvalue weighted by Crippen LogP contribution is -2.40. The summed E-state index contributed by atoms with van der Waals surface area (Å²) >= 11 is 6.25. The largest absolute Gasteiger partial charge is 0.493 e. The minimum atomic E-state index is -0.701. The normalized spacial score (nSPS) is 22.5. The molecule has 2 aliphatic carbocycles. The molecule has 0 aromatic heterocycles. The Bertz CT molecular complexity index is 1210. The van der Waals surface area contributed by atoms with Gasteiger partial charge in [0.05, 0.1) is 19.6 Å². The summed E-state index contributed by atoms with van der Waals surface area (Å²) in [5, 5.41) is 10.1. The third-order valence-electron chi connectivity index (χ3n) is 8.01. The molecule has 0 spiro atoms. The molecule has 202 valence electrons. The van der Waals surface area contributed by atoms with Gasteiger partial charge in [-0.25, -0.2) is 0 Å². The first-order valence-electron chi connectivity index (χ1n) is 13.2. The summed E-state index contributed by atoms with van der Waals surface area (Å²) < 4.78 is 11.5. The van der Waals surface area contributed by atoms with Gasteiger partial charge in [0.2, 0.25) is 11.8 Å². The van der Waals surface area contributed by atoms with Gasteiger partial charge in [0.15, 0.2) is 11.5 Å². The van der Waals surface area contributed by atoms with Crippen LogP contribution in [0.3, 0.4) is 0 Å². The average Bonchev–Trinajstić information content (AvgIpc) is 3.43. The Morgan fingerprint density at radius 1 is 1.08 bits per heavy atom. The molecule has 38 heavy (non-hydrogen) atoms. The van der Waals surface area contributed by atoms with Crippen molar-refractivity contribution in [3.05, 3.63) is 58.1 Å². The number of carboxylic acids is 1. The van der Waals surface area contributed by atoms with Gasteiger partial charge in [-0.2, -0.15) is 0 Å². The number of imide groups is 1. The molecule has 8 nitrogen and oxygen atoms in total. The molecular formula is C29H33ClN2O6. The minimum absolute atomic E-state index is 0.155. The summed E-state index contributed by atoms with van der Waals surface area (Å²) in [6.07, 6.45) is 3.93. The predicted molar refractivity (Wildman–Crippen MR) is 141 cm³/mol. The molecule has 2 aromatic carbocycles. The highest BCUT2D eigenvalue weighted by Crippen LogP contribution is 2.42. The smallest absolute Gasteiger partial charge is 0.306 e. The van der Waals surface area contributed by atoms with E-state index in [1.165, 1.54) is 16.0 Å². The van der Waals surface area contributed by atoms with Crippen molar-refractivity contribution in [1.82, 2.24) is 9.80 Å². The molecule has 0 unspecified atom stereocenters. The van der Waals surface area contributed by atoms with E-state index in [9.17, 15) is 19.5 Å². The Morgan fingerprint density at radius 3 is 2.55 bits per heavy atom. The van der Waals surface area contributed by atoms with Crippen molar-refractivity contribution in [2.45, 2.75) is 51.1 Å². The van der Waals surface area contributed by atoms with E-state index in [2.05, 4.69) is 17.0 Å². The molecule has 1 heterocycles. The summed E-state index contributed by atoms with van der Waals surface area (Å²) in [6, 6.07) is 12.2. The van der Waals surface area contributed by atoms with Crippen LogP contribution in [-0.2, 0) is 27.3 Å². The highest BCUT2D eigenvalue weighted by molar-refractivity contribution is 6.30. The first-order chi connectivity index (χ1) is 18.3. The molecule has 1 aliphatic heterocycles. The van der Waals surface area contributed by atoms with Crippen LogP contribution in [-0.4, -0.2) is 59.5 Å². The average molecular weight is 541 g/mol. The van der Waals surface area contributed by atoms with E-state index in [-0.39, 0.29) is 49.8 Å². The van der Waals surface area contributed by atoms with Crippen molar-refractivity contribution in [1.29, 1.82) is 0 Å². The van der Waals surface area contributed by atoms with Gasteiger partial charge in [0, 0.05) is 37.0 Å². The number of hydrogen-bond acceptors (Lipinski definition) is 6. The van der Waals surface area contributed by atoms with E-state index in [1.807, 2.05) is 24.3 Å². The molecule has 2 aromatic rings. The lowest BCUT2D eigenvalue weighted by molar-refractivity contribution is -0.147. The number of carbonyl (C=O) groups excluding carboxylic acids is 2. The van der Waals surface area contributed by atoms with Crippen LogP contribution in [0.15, 0.2) is 36.4 Å². The number of nitrogens with zero attached hydrogens (tertiary/aromatic N) is 2. The Labute approximate surface area is 227 Å². The van der Waals surface area contributed by atoms with Gasteiger partial charge >= 0.3 is 5.97 Å². The standard InChI is InChI=1S/C29H33ClN2O6/c1-37-26-14-18(2-7-25(26)38-11-10-32-27(33)8-9-28(32)34)16-31(17-19-12-21(13-19)29(35)36)24-6-3-20-15-22(30)4-5-23(20)24/h2,4-5,7,14-15,19,21,24H,3,6,8-13,16-17H2,1H3,(H,35,36)/t19?,21?,24-/m0/s1. The maximum atomic E-state index is 11.8. The van der Waals surface area contributed by atoms with Gasteiger partial charge in [-0.05, 0) is 72.6 Å². The summed E-state index contributed by atoms with van der Waals surface area (Å²) in [4.78, 5) is 38.7. The number of aliphatic carboxylic acids is 1. The van der Waals surface area contributed by atoms with Crippen molar-refractivity contribution >= 4 is 29.4 Å². The third-order valence-corrected chi connectivity index (χ3v) is 8.25. The second kappa shape index (κ2) is 11.3. The Morgan fingerprint density at radius 2 is 1.84 bits per heavy atom. The van der Waals surface area contributed by atoms with Crippen LogP contribution in [0, 0.1) is 11.8 Å². The van der Waals surface area contributed by atoms with E-state index in [0.717, 1.165) is 30.0 Å². The zero-order valence-corrected chi connectivity index (χ0v) is 22.3. The molecule has 1 atom stereocenters. The fourth-order valence-electron chi connectivity index (χ4n) is 5.95. The summed E-state index contributed by atoms with van der Waals surface area (Å²) in [5.41, 5.74) is 3.64. The summed E-state index contributed by atoms with van der Waals surface area (Å²) in [7, 11) is 1.59. The number of fused-ring (bicyclic) bond motifs is 1. The molecule has 9 heteroatoms. The van der Waals surface area contributed by atoms with Crippen LogP contribution in [0.5, 0.6) is 11.5 Å². The van der Waals surface area contributed by atoms with Gasteiger partial charge in [-0.1, -0.05) is 23.7 Å². The van der Waals surface area contributed by atoms with Crippen LogP contribution in [0.2, 0.25) is 5.02 Å². The molecule has 3 aliphatic rings. The molecule has 5 rings (SSSR count). The van der Waals surface area contributed by atoms with Crippen LogP contribution >= 0.6 is 11.6 Å². The SMILES string of the molecule is COc1cc(CN(CC2CC(C(=O)O)C2)[C@H]2CCc3cc(Cl)ccc32)ccc1OCCN1C(=O)CCC1=O. The lowest BCUT2D eigenvalue weighted by Gasteiger charge is -2.39. The maximum Gasteiger partial charge on any atom is 0.306 e. The molecule has 0 bridgehead atoms. The van der Waals surface area contributed by atoms with Gasteiger partial charge < -0.3 is 14.6 Å². The highest BCUT2D eigenvalue weighted by atomic mass is 35.5. The second-order valence-corrected chi connectivity index (χ2v) is 10.9. The van der Waals surface area contributed by atoms with E-state index >= 15 is 0 Å². The number of carbonyl (C=O) groups is 3. The number of ether oxygens (including phenoxy) is 2. The Kier molecular flexibility index (Phi) is 7.91. The molecule has 1 saturated heterocycles. The number of rotatable bonds is 11. The minimum Gasteiger partial charge on any atom is -0.493 e. The van der Waals surface area contributed by atoms with Crippen molar-refractivity contribution in [2.24, 2.45) is 11.8 Å².